The third kappa shape index (κ3) is 1.30. The highest BCUT2D eigenvalue weighted by Gasteiger charge is 2.07. The second-order valence-electron chi connectivity index (χ2n) is 3.37. The maximum absolute atomic E-state index is 5.67. The molecule has 5 nitrogen and oxygen atoms in total. The number of anilines is 1. The molecular formula is C11H9N5. The first-order valence-corrected chi connectivity index (χ1v) is 4.87. The van der Waals surface area contributed by atoms with Crippen molar-refractivity contribution in [3.63, 3.8) is 0 Å². The minimum atomic E-state index is 0.254. The van der Waals surface area contributed by atoms with Crippen LogP contribution in [0.25, 0.3) is 16.7 Å². The lowest BCUT2D eigenvalue weighted by Gasteiger charge is -2.05. The predicted molar refractivity (Wildman–Crippen MR) is 61.1 cm³/mol. The van der Waals surface area contributed by atoms with E-state index in [1.807, 2.05) is 36.5 Å². The van der Waals surface area contributed by atoms with Gasteiger partial charge in [-0.05, 0) is 18.2 Å². The fourth-order valence-electron chi connectivity index (χ4n) is 1.65. The first-order valence-electron chi connectivity index (χ1n) is 4.87. The summed E-state index contributed by atoms with van der Waals surface area (Å²) < 4.78 is 1.68. The Hall–Kier alpha value is -2.43. The van der Waals surface area contributed by atoms with Crippen LogP contribution in [0.1, 0.15) is 0 Å². The van der Waals surface area contributed by atoms with Crippen molar-refractivity contribution in [2.75, 3.05) is 5.73 Å². The van der Waals surface area contributed by atoms with Crippen molar-refractivity contribution >= 4 is 16.9 Å². The number of hydrogen-bond donors (Lipinski definition) is 1. The van der Waals surface area contributed by atoms with Crippen LogP contribution >= 0.6 is 0 Å². The van der Waals surface area contributed by atoms with Crippen LogP contribution in [0, 0.1) is 0 Å². The minimum absolute atomic E-state index is 0.254. The lowest BCUT2D eigenvalue weighted by atomic mass is 10.2. The first-order chi connectivity index (χ1) is 7.84. The van der Waals surface area contributed by atoms with E-state index in [2.05, 4.69) is 15.1 Å². The van der Waals surface area contributed by atoms with Crippen LogP contribution in [0.4, 0.5) is 5.95 Å². The SMILES string of the molecule is Nc1nc(-n2cccn2)c2ccccc2n1. The molecule has 0 radical (unpaired) electrons. The van der Waals surface area contributed by atoms with Gasteiger partial charge in [0.25, 0.3) is 0 Å². The Bertz CT molecular complexity index is 630. The third-order valence-corrected chi connectivity index (χ3v) is 2.32. The summed E-state index contributed by atoms with van der Waals surface area (Å²) in [5.74, 6) is 0.956. The molecule has 0 bridgehead atoms. The van der Waals surface area contributed by atoms with Crippen molar-refractivity contribution < 1.29 is 0 Å². The normalized spacial score (nSPS) is 10.8. The summed E-state index contributed by atoms with van der Waals surface area (Å²) in [7, 11) is 0. The van der Waals surface area contributed by atoms with Crippen molar-refractivity contribution in [1.29, 1.82) is 0 Å². The van der Waals surface area contributed by atoms with Crippen LogP contribution in [0.15, 0.2) is 42.7 Å². The Labute approximate surface area is 91.6 Å². The van der Waals surface area contributed by atoms with Crippen molar-refractivity contribution in [2.24, 2.45) is 0 Å². The fourth-order valence-corrected chi connectivity index (χ4v) is 1.65. The summed E-state index contributed by atoms with van der Waals surface area (Å²) in [6.45, 7) is 0. The average molecular weight is 211 g/mol. The Kier molecular flexibility index (Phi) is 1.83. The van der Waals surface area contributed by atoms with Gasteiger partial charge < -0.3 is 5.73 Å². The number of nitrogens with two attached hydrogens (primary N) is 1. The molecule has 5 heteroatoms. The van der Waals surface area contributed by atoms with Gasteiger partial charge in [-0.15, -0.1) is 0 Å². The number of aromatic nitrogens is 4. The summed E-state index contributed by atoms with van der Waals surface area (Å²) in [5.41, 5.74) is 6.49. The molecule has 2 N–H and O–H groups in total. The zero-order chi connectivity index (χ0) is 11.0. The van der Waals surface area contributed by atoms with Gasteiger partial charge in [0.15, 0.2) is 5.82 Å². The number of hydrogen-bond acceptors (Lipinski definition) is 4. The van der Waals surface area contributed by atoms with Gasteiger partial charge in [-0.1, -0.05) is 12.1 Å². The molecule has 1 aromatic carbocycles. The Morgan fingerprint density at radius 2 is 1.94 bits per heavy atom. The van der Waals surface area contributed by atoms with Crippen LogP contribution < -0.4 is 5.73 Å². The van der Waals surface area contributed by atoms with Crippen molar-refractivity contribution in [2.45, 2.75) is 0 Å². The van der Waals surface area contributed by atoms with Crippen molar-refractivity contribution in [3.8, 4) is 5.82 Å². The van der Waals surface area contributed by atoms with Gasteiger partial charge in [0.1, 0.15) is 0 Å². The second-order valence-corrected chi connectivity index (χ2v) is 3.37. The van der Waals surface area contributed by atoms with E-state index in [0.717, 1.165) is 10.9 Å². The highest BCUT2D eigenvalue weighted by atomic mass is 15.3. The van der Waals surface area contributed by atoms with Gasteiger partial charge in [0, 0.05) is 17.8 Å². The molecule has 0 fully saturated rings. The Morgan fingerprint density at radius 3 is 2.75 bits per heavy atom. The summed E-state index contributed by atoms with van der Waals surface area (Å²) in [5, 5.41) is 5.08. The van der Waals surface area contributed by atoms with Crippen LogP contribution in [0.2, 0.25) is 0 Å². The summed E-state index contributed by atoms with van der Waals surface area (Å²) in [6.07, 6.45) is 3.53. The van der Waals surface area contributed by atoms with Gasteiger partial charge in [-0.25, -0.2) is 9.67 Å². The van der Waals surface area contributed by atoms with E-state index in [1.54, 1.807) is 10.9 Å². The standard InChI is InChI=1S/C11H9N5/c12-11-14-9-5-2-1-4-8(9)10(15-11)16-7-3-6-13-16/h1-7H,(H2,12,14,15). The largest absolute Gasteiger partial charge is 0.368 e. The topological polar surface area (TPSA) is 69.6 Å². The van der Waals surface area contributed by atoms with Gasteiger partial charge in [0.05, 0.1) is 5.52 Å². The summed E-state index contributed by atoms with van der Waals surface area (Å²) >= 11 is 0. The predicted octanol–water partition coefficient (Wildman–Crippen LogP) is 1.40. The van der Waals surface area contributed by atoms with Gasteiger partial charge in [0.2, 0.25) is 5.95 Å². The molecule has 2 heterocycles. The van der Waals surface area contributed by atoms with Crippen molar-refractivity contribution in [3.05, 3.63) is 42.7 Å². The molecule has 0 saturated carbocycles. The maximum Gasteiger partial charge on any atom is 0.222 e. The molecule has 78 valence electrons. The van der Waals surface area contributed by atoms with Crippen LogP contribution in [0.5, 0.6) is 0 Å². The van der Waals surface area contributed by atoms with E-state index in [0.29, 0.717) is 5.82 Å². The third-order valence-electron chi connectivity index (χ3n) is 2.32. The lowest BCUT2D eigenvalue weighted by Crippen LogP contribution is -2.04. The molecule has 2 aromatic heterocycles. The smallest absolute Gasteiger partial charge is 0.222 e. The van der Waals surface area contributed by atoms with Gasteiger partial charge >= 0.3 is 0 Å². The Morgan fingerprint density at radius 1 is 1.06 bits per heavy atom. The Balaban J connectivity index is 2.39. The average Bonchev–Trinajstić information content (AvgIpc) is 2.81. The highest BCUT2D eigenvalue weighted by Crippen LogP contribution is 2.18. The molecule has 0 unspecified atom stereocenters. The van der Waals surface area contributed by atoms with E-state index in [1.165, 1.54) is 0 Å². The molecule has 0 atom stereocenters. The zero-order valence-corrected chi connectivity index (χ0v) is 8.41. The highest BCUT2D eigenvalue weighted by molar-refractivity contribution is 5.86. The number of rotatable bonds is 1. The molecule has 0 aliphatic rings. The maximum atomic E-state index is 5.67. The van der Waals surface area contributed by atoms with Gasteiger partial charge in [-0.3, -0.25) is 0 Å². The fraction of sp³-hybridized carbons (Fsp3) is 0. The van der Waals surface area contributed by atoms with E-state index < -0.39 is 0 Å². The summed E-state index contributed by atoms with van der Waals surface area (Å²) in [6, 6.07) is 9.55. The molecule has 0 aliphatic heterocycles. The first kappa shape index (κ1) is 8.84. The molecule has 3 rings (SSSR count). The van der Waals surface area contributed by atoms with E-state index in [-0.39, 0.29) is 5.95 Å². The number of nitrogen functional groups attached to an aromatic ring is 1. The summed E-state index contributed by atoms with van der Waals surface area (Å²) in [4.78, 5) is 8.38. The number of benzene rings is 1. The van der Waals surface area contributed by atoms with E-state index in [4.69, 9.17) is 5.73 Å². The zero-order valence-electron chi connectivity index (χ0n) is 8.41. The monoisotopic (exact) mass is 211 g/mol. The number of nitrogens with zero attached hydrogens (tertiary/aromatic N) is 4. The van der Waals surface area contributed by atoms with Crippen LogP contribution in [-0.2, 0) is 0 Å². The molecule has 0 spiro atoms. The quantitative estimate of drug-likeness (QED) is 0.660. The van der Waals surface area contributed by atoms with Crippen LogP contribution in [0.3, 0.4) is 0 Å². The number of fused-ring (bicyclic) bond motifs is 1. The van der Waals surface area contributed by atoms with Crippen LogP contribution in [-0.4, -0.2) is 19.7 Å². The minimum Gasteiger partial charge on any atom is -0.368 e. The molecule has 0 amide bonds. The van der Waals surface area contributed by atoms with Crippen molar-refractivity contribution in [1.82, 2.24) is 19.7 Å². The number of para-hydroxylation sites is 1. The molecule has 0 saturated heterocycles. The lowest BCUT2D eigenvalue weighted by molar-refractivity contribution is 0.853. The van der Waals surface area contributed by atoms with Gasteiger partial charge in [-0.2, -0.15) is 10.1 Å². The molecule has 0 aliphatic carbocycles. The molecular weight excluding hydrogens is 202 g/mol. The molecule has 3 aromatic rings. The molecule has 16 heavy (non-hydrogen) atoms. The second kappa shape index (κ2) is 3.30. The van der Waals surface area contributed by atoms with E-state index >= 15 is 0 Å². The van der Waals surface area contributed by atoms with E-state index in [9.17, 15) is 0 Å².